The van der Waals surface area contributed by atoms with E-state index in [2.05, 4.69) is 5.32 Å². The first-order valence-electron chi connectivity index (χ1n) is 7.83. The van der Waals surface area contributed by atoms with Gasteiger partial charge >= 0.3 is 0 Å². The summed E-state index contributed by atoms with van der Waals surface area (Å²) in [4.78, 5) is 25.2. The molecule has 1 aromatic carbocycles. The minimum absolute atomic E-state index is 0.0228. The first kappa shape index (κ1) is 16.2. The maximum atomic E-state index is 12.6. The second kappa shape index (κ2) is 6.20. The number of nitrogens with one attached hydrogen (secondary N) is 1. The third-order valence-corrected chi connectivity index (χ3v) is 5.76. The lowest BCUT2D eigenvalue weighted by molar-refractivity contribution is 0.0948. The Morgan fingerprint density at radius 3 is 2.76 bits per heavy atom. The molecule has 128 valence electrons. The van der Waals surface area contributed by atoms with E-state index in [0.29, 0.717) is 35.8 Å². The summed E-state index contributed by atoms with van der Waals surface area (Å²) in [5.41, 5.74) is 2.64. The van der Waals surface area contributed by atoms with E-state index < -0.39 is 0 Å². The molecule has 0 saturated carbocycles. The molecule has 3 aromatic rings. The summed E-state index contributed by atoms with van der Waals surface area (Å²) < 4.78 is 7.82. The number of amides is 1. The van der Waals surface area contributed by atoms with E-state index >= 15 is 0 Å². The van der Waals surface area contributed by atoms with Gasteiger partial charge in [0.2, 0.25) is 0 Å². The fraction of sp³-hybridized carbons (Fsp3) is 0.222. The highest BCUT2D eigenvalue weighted by Crippen LogP contribution is 2.38. The van der Waals surface area contributed by atoms with Crippen LogP contribution in [0.4, 0.5) is 0 Å². The Kier molecular flexibility index (Phi) is 4.01. The first-order chi connectivity index (χ1) is 12.1. The van der Waals surface area contributed by atoms with Crippen molar-refractivity contribution in [2.24, 2.45) is 0 Å². The van der Waals surface area contributed by atoms with Gasteiger partial charge < -0.3 is 14.6 Å². The second-order valence-electron chi connectivity index (χ2n) is 5.85. The molecule has 0 aliphatic carbocycles. The minimum Gasteiger partial charge on any atom is -0.497 e. The smallest absolute Gasteiger partial charge is 0.268 e. The molecule has 1 aliphatic rings. The molecule has 0 atom stereocenters. The van der Waals surface area contributed by atoms with Gasteiger partial charge in [0.05, 0.1) is 27.9 Å². The van der Waals surface area contributed by atoms with Crippen LogP contribution in [0.5, 0.6) is 5.75 Å². The number of carbonyl (C=O) groups excluding carboxylic acids is 2. The summed E-state index contributed by atoms with van der Waals surface area (Å²) >= 11 is 7.78. The molecular weight excluding hydrogens is 360 g/mol. The molecule has 0 fully saturated rings. The summed E-state index contributed by atoms with van der Waals surface area (Å²) in [5.74, 6) is 0.515. The molecule has 0 bridgehead atoms. The van der Waals surface area contributed by atoms with Crippen LogP contribution in [0.25, 0.3) is 10.2 Å². The van der Waals surface area contributed by atoms with E-state index in [0.717, 1.165) is 21.5 Å². The molecule has 1 aliphatic heterocycles. The molecule has 0 spiro atoms. The van der Waals surface area contributed by atoms with Crippen LogP contribution >= 0.6 is 22.9 Å². The van der Waals surface area contributed by atoms with Crippen molar-refractivity contribution in [3.05, 3.63) is 51.5 Å². The normalized spacial score (nSPS) is 14.3. The molecule has 5 nitrogen and oxygen atoms in total. The predicted octanol–water partition coefficient (Wildman–Crippen LogP) is 3.73. The average molecular weight is 375 g/mol. The Hall–Kier alpha value is -2.31. The number of ether oxygens (including phenoxy) is 1. The van der Waals surface area contributed by atoms with E-state index in [9.17, 15) is 9.59 Å². The highest BCUT2D eigenvalue weighted by molar-refractivity contribution is 7.18. The van der Waals surface area contributed by atoms with Crippen LogP contribution in [0.15, 0.2) is 29.6 Å². The predicted molar refractivity (Wildman–Crippen MR) is 98.2 cm³/mol. The number of methoxy groups -OCH3 is 1. The van der Waals surface area contributed by atoms with Crippen LogP contribution in [0.3, 0.4) is 0 Å². The van der Waals surface area contributed by atoms with E-state index in [4.69, 9.17) is 16.3 Å². The van der Waals surface area contributed by atoms with Crippen molar-refractivity contribution in [1.29, 1.82) is 0 Å². The van der Waals surface area contributed by atoms with Crippen LogP contribution in [-0.2, 0) is 6.54 Å². The lowest BCUT2D eigenvalue weighted by Crippen LogP contribution is -2.25. The van der Waals surface area contributed by atoms with Crippen LogP contribution < -0.4 is 10.1 Å². The Bertz CT molecular complexity index is 988. The van der Waals surface area contributed by atoms with Gasteiger partial charge in [-0.3, -0.25) is 9.59 Å². The van der Waals surface area contributed by atoms with Gasteiger partial charge in [-0.15, -0.1) is 11.3 Å². The summed E-state index contributed by atoms with van der Waals surface area (Å²) in [7, 11) is 1.62. The summed E-state index contributed by atoms with van der Waals surface area (Å²) in [6.45, 7) is 0.808. The summed E-state index contributed by atoms with van der Waals surface area (Å²) in [5, 5.41) is 5.18. The number of Topliss-reactive ketones (excluding diaryl/α,β-unsaturated/α-hetero) is 1. The Balaban J connectivity index is 1.91. The fourth-order valence-electron chi connectivity index (χ4n) is 3.18. The van der Waals surface area contributed by atoms with Gasteiger partial charge in [0.15, 0.2) is 5.78 Å². The topological polar surface area (TPSA) is 60.3 Å². The molecule has 0 unspecified atom stereocenters. The van der Waals surface area contributed by atoms with Crippen molar-refractivity contribution in [2.75, 3.05) is 13.7 Å². The van der Waals surface area contributed by atoms with Crippen LogP contribution in [-0.4, -0.2) is 29.9 Å². The highest BCUT2D eigenvalue weighted by atomic mass is 35.5. The number of halogens is 1. The Labute approximate surface area is 153 Å². The van der Waals surface area contributed by atoms with Gasteiger partial charge in [0, 0.05) is 24.9 Å². The number of thiophene rings is 1. The van der Waals surface area contributed by atoms with Gasteiger partial charge in [-0.05, 0) is 17.7 Å². The van der Waals surface area contributed by atoms with Gasteiger partial charge in [0.25, 0.3) is 5.91 Å². The van der Waals surface area contributed by atoms with Crippen molar-refractivity contribution in [3.63, 3.8) is 0 Å². The molecule has 2 aromatic heterocycles. The zero-order chi connectivity index (χ0) is 17.6. The minimum atomic E-state index is -0.228. The summed E-state index contributed by atoms with van der Waals surface area (Å²) in [6, 6.07) is 7.62. The SMILES string of the molecule is COc1ccc(Cn2c3c(c4scc(Cl)c42)C(=O)CCNC3=O)cc1. The lowest BCUT2D eigenvalue weighted by atomic mass is 10.1. The van der Waals surface area contributed by atoms with Gasteiger partial charge in [-0.2, -0.15) is 0 Å². The Morgan fingerprint density at radius 2 is 2.04 bits per heavy atom. The van der Waals surface area contributed by atoms with Crippen LogP contribution in [0.2, 0.25) is 5.02 Å². The zero-order valence-corrected chi connectivity index (χ0v) is 15.0. The van der Waals surface area contributed by atoms with Gasteiger partial charge in [-0.1, -0.05) is 23.7 Å². The van der Waals surface area contributed by atoms with E-state index in [1.54, 1.807) is 7.11 Å². The number of benzene rings is 1. The van der Waals surface area contributed by atoms with Crippen molar-refractivity contribution < 1.29 is 14.3 Å². The molecule has 1 amide bonds. The van der Waals surface area contributed by atoms with Crippen LogP contribution in [0, 0.1) is 0 Å². The number of ketones is 1. The lowest BCUT2D eigenvalue weighted by Gasteiger charge is -2.11. The third kappa shape index (κ3) is 2.62. The highest BCUT2D eigenvalue weighted by Gasteiger charge is 2.31. The zero-order valence-electron chi connectivity index (χ0n) is 13.5. The number of hydrogen-bond donors (Lipinski definition) is 1. The molecule has 0 saturated heterocycles. The number of rotatable bonds is 3. The largest absolute Gasteiger partial charge is 0.497 e. The fourth-order valence-corrected chi connectivity index (χ4v) is 4.56. The van der Waals surface area contributed by atoms with E-state index in [1.165, 1.54) is 11.3 Å². The number of nitrogens with zero attached hydrogens (tertiary/aromatic N) is 1. The monoisotopic (exact) mass is 374 g/mol. The molecule has 7 heteroatoms. The molecule has 0 radical (unpaired) electrons. The standard InChI is InChI=1S/C18H15ClN2O3S/c1-24-11-4-2-10(3-5-11)8-21-15-12(19)9-25-17(15)14-13(22)6-7-20-18(23)16(14)21/h2-5,9H,6-8H2,1H3,(H,20,23). The van der Waals surface area contributed by atoms with Crippen molar-refractivity contribution in [1.82, 2.24) is 9.88 Å². The number of carbonyl (C=O) groups is 2. The van der Waals surface area contributed by atoms with Crippen molar-refractivity contribution >= 4 is 44.8 Å². The molecule has 4 rings (SSSR count). The second-order valence-corrected chi connectivity index (χ2v) is 7.14. The van der Waals surface area contributed by atoms with Gasteiger partial charge in [0.1, 0.15) is 11.4 Å². The number of aromatic nitrogens is 1. The van der Waals surface area contributed by atoms with Gasteiger partial charge in [-0.25, -0.2) is 0 Å². The maximum Gasteiger partial charge on any atom is 0.268 e. The maximum absolute atomic E-state index is 12.6. The van der Waals surface area contributed by atoms with Crippen LogP contribution in [0.1, 0.15) is 32.8 Å². The molecule has 1 N–H and O–H groups in total. The molecule has 25 heavy (non-hydrogen) atoms. The average Bonchev–Trinajstić information content (AvgIpc) is 3.09. The molecular formula is C18H15ClN2O3S. The molecule has 3 heterocycles. The van der Waals surface area contributed by atoms with Crippen molar-refractivity contribution in [2.45, 2.75) is 13.0 Å². The number of hydrogen-bond acceptors (Lipinski definition) is 4. The number of fused-ring (bicyclic) bond motifs is 3. The Morgan fingerprint density at radius 1 is 1.28 bits per heavy atom. The quantitative estimate of drug-likeness (QED) is 0.759. The summed E-state index contributed by atoms with van der Waals surface area (Å²) in [6.07, 6.45) is 0.301. The van der Waals surface area contributed by atoms with E-state index in [1.807, 2.05) is 34.2 Å². The van der Waals surface area contributed by atoms with E-state index in [-0.39, 0.29) is 11.7 Å². The first-order valence-corrected chi connectivity index (χ1v) is 9.09. The van der Waals surface area contributed by atoms with Crippen molar-refractivity contribution in [3.8, 4) is 5.75 Å². The third-order valence-electron chi connectivity index (χ3n) is 4.36.